The van der Waals surface area contributed by atoms with Crippen molar-refractivity contribution in [1.29, 1.82) is 0 Å². The predicted molar refractivity (Wildman–Crippen MR) is 120 cm³/mol. The highest BCUT2D eigenvalue weighted by Gasteiger charge is 2.18. The highest BCUT2D eigenvalue weighted by atomic mass is 16.5. The quantitative estimate of drug-likeness (QED) is 0.515. The van der Waals surface area contributed by atoms with Crippen molar-refractivity contribution in [1.82, 2.24) is 23.3 Å². The number of imidazole rings is 1. The molecule has 3 rings (SSSR count). The second-order valence-electron chi connectivity index (χ2n) is 7.42. The predicted octanol–water partition coefficient (Wildman–Crippen LogP) is 2.40. The van der Waals surface area contributed by atoms with E-state index in [0.717, 1.165) is 12.0 Å². The zero-order valence-electron chi connectivity index (χ0n) is 18.7. The molecular formula is C22H29N5O4. The molecule has 0 aliphatic carbocycles. The molecule has 9 heteroatoms. The number of carbonyl (C=O) groups excluding carboxylic acids is 1. The van der Waals surface area contributed by atoms with Crippen molar-refractivity contribution in [3.05, 3.63) is 50.2 Å². The van der Waals surface area contributed by atoms with Crippen LogP contribution >= 0.6 is 0 Å². The van der Waals surface area contributed by atoms with E-state index in [-0.39, 0.29) is 17.2 Å². The Morgan fingerprint density at radius 2 is 1.74 bits per heavy atom. The Morgan fingerprint density at radius 1 is 1.06 bits per heavy atom. The van der Waals surface area contributed by atoms with Crippen molar-refractivity contribution in [3.63, 3.8) is 0 Å². The lowest BCUT2D eigenvalue weighted by molar-refractivity contribution is 0.0515. The average Bonchev–Trinajstić information content (AvgIpc) is 3.27. The molecule has 166 valence electrons. The molecule has 0 atom stereocenters. The van der Waals surface area contributed by atoms with Crippen LogP contribution in [0.2, 0.25) is 0 Å². The molecule has 3 heterocycles. The Kier molecular flexibility index (Phi) is 6.62. The number of aryl methyl sites for hydroxylation is 3. The molecule has 3 aromatic heterocycles. The van der Waals surface area contributed by atoms with E-state index >= 15 is 0 Å². The van der Waals surface area contributed by atoms with Crippen LogP contribution < -0.4 is 11.2 Å². The first-order valence-corrected chi connectivity index (χ1v) is 10.6. The fourth-order valence-corrected chi connectivity index (χ4v) is 3.63. The number of esters is 1. The molecule has 0 aliphatic rings. The van der Waals surface area contributed by atoms with Crippen LogP contribution in [0.4, 0.5) is 0 Å². The van der Waals surface area contributed by atoms with Crippen LogP contribution in [0.3, 0.4) is 0 Å². The van der Waals surface area contributed by atoms with Crippen molar-refractivity contribution in [2.24, 2.45) is 14.1 Å². The number of hydrogen-bond donors (Lipinski definition) is 0. The third-order valence-corrected chi connectivity index (χ3v) is 5.11. The summed E-state index contributed by atoms with van der Waals surface area (Å²) in [4.78, 5) is 42.5. The van der Waals surface area contributed by atoms with Crippen LogP contribution in [0, 0.1) is 0 Å². The number of rotatable bonds is 8. The molecule has 9 nitrogen and oxygen atoms in total. The largest absolute Gasteiger partial charge is 0.461 e. The van der Waals surface area contributed by atoms with Crippen LogP contribution in [-0.4, -0.2) is 35.8 Å². The SMILES string of the molecule is CCCn1c(=O)c2c(nc(C=Cc3cc(C(=O)OCC)n(C)c3)n2C)n(CCC)c1=O. The summed E-state index contributed by atoms with van der Waals surface area (Å²) in [5, 5.41) is 0. The summed E-state index contributed by atoms with van der Waals surface area (Å²) in [6.07, 6.45) is 6.84. The third kappa shape index (κ3) is 4.12. The Hall–Kier alpha value is -3.36. The summed E-state index contributed by atoms with van der Waals surface area (Å²) in [5.41, 5.74) is 1.40. The van der Waals surface area contributed by atoms with Gasteiger partial charge in [0.05, 0.1) is 6.61 Å². The highest BCUT2D eigenvalue weighted by Crippen LogP contribution is 2.15. The van der Waals surface area contributed by atoms with Gasteiger partial charge < -0.3 is 13.9 Å². The Morgan fingerprint density at radius 3 is 2.39 bits per heavy atom. The molecule has 0 aliphatic heterocycles. The van der Waals surface area contributed by atoms with E-state index in [4.69, 9.17) is 4.74 Å². The Balaban J connectivity index is 2.09. The Bertz CT molecular complexity index is 1260. The highest BCUT2D eigenvalue weighted by molar-refractivity contribution is 5.89. The van der Waals surface area contributed by atoms with Crippen LogP contribution in [0.5, 0.6) is 0 Å². The van der Waals surface area contributed by atoms with Crippen molar-refractivity contribution < 1.29 is 9.53 Å². The fraction of sp³-hybridized carbons (Fsp3) is 0.455. The van der Waals surface area contributed by atoms with E-state index in [0.29, 0.717) is 48.8 Å². The fourth-order valence-electron chi connectivity index (χ4n) is 3.63. The maximum Gasteiger partial charge on any atom is 0.354 e. The second kappa shape index (κ2) is 9.20. The molecule has 0 unspecified atom stereocenters. The van der Waals surface area contributed by atoms with E-state index in [1.165, 1.54) is 4.57 Å². The van der Waals surface area contributed by atoms with Gasteiger partial charge in [-0.2, -0.15) is 0 Å². The van der Waals surface area contributed by atoms with Gasteiger partial charge in [0.25, 0.3) is 5.56 Å². The zero-order valence-corrected chi connectivity index (χ0v) is 18.7. The van der Waals surface area contributed by atoms with Crippen molar-refractivity contribution in [2.45, 2.75) is 46.7 Å². The minimum absolute atomic E-state index is 0.310. The zero-order chi connectivity index (χ0) is 22.7. The molecule has 0 fully saturated rings. The summed E-state index contributed by atoms with van der Waals surface area (Å²) >= 11 is 0. The van der Waals surface area contributed by atoms with Gasteiger partial charge in [-0.3, -0.25) is 13.9 Å². The molecule has 0 bridgehead atoms. The number of ether oxygens (including phenoxy) is 1. The van der Waals surface area contributed by atoms with Gasteiger partial charge in [0, 0.05) is 33.4 Å². The molecule has 3 aromatic rings. The maximum absolute atomic E-state index is 13.0. The first-order chi connectivity index (χ1) is 14.8. The lowest BCUT2D eigenvalue weighted by Gasteiger charge is -2.10. The summed E-state index contributed by atoms with van der Waals surface area (Å²) in [7, 11) is 3.54. The lowest BCUT2D eigenvalue weighted by Crippen LogP contribution is -2.40. The van der Waals surface area contributed by atoms with E-state index < -0.39 is 0 Å². The molecule has 0 N–H and O–H groups in total. The lowest BCUT2D eigenvalue weighted by atomic mass is 10.3. The minimum atomic E-state index is -0.382. The van der Waals surface area contributed by atoms with Crippen LogP contribution in [0.25, 0.3) is 23.3 Å². The summed E-state index contributed by atoms with van der Waals surface area (Å²) in [5.74, 6) is 0.166. The monoisotopic (exact) mass is 427 g/mol. The van der Waals surface area contributed by atoms with Crippen molar-refractivity contribution in [3.8, 4) is 0 Å². The Labute approximate surface area is 180 Å². The van der Waals surface area contributed by atoms with Gasteiger partial charge >= 0.3 is 11.7 Å². The normalized spacial score (nSPS) is 11.6. The van der Waals surface area contributed by atoms with E-state index in [1.54, 1.807) is 46.9 Å². The molecule has 0 amide bonds. The molecule has 0 spiro atoms. The van der Waals surface area contributed by atoms with E-state index in [9.17, 15) is 14.4 Å². The number of nitrogens with zero attached hydrogens (tertiary/aromatic N) is 5. The maximum atomic E-state index is 13.0. The summed E-state index contributed by atoms with van der Waals surface area (Å²) in [6, 6.07) is 1.73. The van der Waals surface area contributed by atoms with Gasteiger partial charge in [-0.25, -0.2) is 14.6 Å². The third-order valence-electron chi connectivity index (χ3n) is 5.11. The first-order valence-electron chi connectivity index (χ1n) is 10.6. The van der Waals surface area contributed by atoms with Gasteiger partial charge in [-0.15, -0.1) is 0 Å². The van der Waals surface area contributed by atoms with Crippen LogP contribution in [0.1, 0.15) is 55.5 Å². The average molecular weight is 428 g/mol. The number of hydrogen-bond acceptors (Lipinski definition) is 5. The number of fused-ring (bicyclic) bond motifs is 1. The second-order valence-corrected chi connectivity index (χ2v) is 7.42. The molecule has 0 radical (unpaired) electrons. The van der Waals surface area contributed by atoms with Gasteiger partial charge in [0.1, 0.15) is 11.5 Å². The van der Waals surface area contributed by atoms with Gasteiger partial charge in [-0.1, -0.05) is 13.8 Å². The van der Waals surface area contributed by atoms with Crippen molar-refractivity contribution in [2.75, 3.05) is 6.61 Å². The molecule has 31 heavy (non-hydrogen) atoms. The molecule has 0 saturated carbocycles. The minimum Gasteiger partial charge on any atom is -0.461 e. The molecular weight excluding hydrogens is 398 g/mol. The first kappa shape index (κ1) is 22.3. The number of aromatic nitrogens is 5. The van der Waals surface area contributed by atoms with Gasteiger partial charge in [-0.05, 0) is 43.5 Å². The van der Waals surface area contributed by atoms with Crippen molar-refractivity contribution >= 4 is 29.3 Å². The summed E-state index contributed by atoms with van der Waals surface area (Å²) in [6.45, 7) is 6.84. The van der Waals surface area contributed by atoms with E-state index in [2.05, 4.69) is 4.98 Å². The topological polar surface area (TPSA) is 93.1 Å². The van der Waals surface area contributed by atoms with Crippen LogP contribution in [0.15, 0.2) is 21.9 Å². The van der Waals surface area contributed by atoms with E-state index in [1.807, 2.05) is 26.1 Å². The molecule has 0 aromatic carbocycles. The van der Waals surface area contributed by atoms with Crippen LogP contribution in [-0.2, 0) is 31.9 Å². The standard InChI is InChI=1S/C22H29N5O4/c1-6-11-26-19-18(20(28)27(12-7-2)22(26)30)25(5)17(23-19)10-9-15-13-16(24(4)14-15)21(29)31-8-3/h9-10,13-14H,6-8,11-12H2,1-5H3. The van der Waals surface area contributed by atoms with Gasteiger partial charge in [0.15, 0.2) is 11.2 Å². The smallest absolute Gasteiger partial charge is 0.354 e. The summed E-state index contributed by atoms with van der Waals surface area (Å²) < 4.78 is 11.3. The molecule has 0 saturated heterocycles. The number of carbonyl (C=O) groups is 1. The van der Waals surface area contributed by atoms with Gasteiger partial charge in [0.2, 0.25) is 0 Å².